The Morgan fingerprint density at radius 2 is 1.98 bits per heavy atom. The van der Waals surface area contributed by atoms with E-state index in [-0.39, 0.29) is 23.3 Å². The number of benzene rings is 1. The summed E-state index contributed by atoms with van der Waals surface area (Å²) < 4.78 is 12.1. The summed E-state index contributed by atoms with van der Waals surface area (Å²) in [5.41, 5.74) is 2.78. The number of aromatic nitrogens is 2. The van der Waals surface area contributed by atoms with Crippen LogP contribution in [0.25, 0.3) is 22.2 Å². The highest BCUT2D eigenvalue weighted by Gasteiger charge is 2.58. The van der Waals surface area contributed by atoms with Gasteiger partial charge in [-0.3, -0.25) is 14.6 Å². The number of methoxy groups -OCH3 is 1. The second kappa shape index (κ2) is 12.8. The number of Topliss-reactive ketones (excluding diaryl/α,β-unsaturated/α-hetero) is 1. The molecule has 0 bridgehead atoms. The fourth-order valence-corrected chi connectivity index (χ4v) is 7.02. The minimum atomic E-state index is -0.313. The molecule has 1 N–H and O–H groups in total. The van der Waals surface area contributed by atoms with Crippen LogP contribution in [0.15, 0.2) is 34.9 Å². The van der Waals surface area contributed by atoms with Gasteiger partial charge in [0.2, 0.25) is 11.8 Å². The molecule has 230 valence electrons. The number of likely N-dealkylation sites (tertiary alicyclic amines) is 1. The number of pyridine rings is 1. The summed E-state index contributed by atoms with van der Waals surface area (Å²) in [4.78, 5) is 37.5. The molecule has 0 unspecified atom stereocenters. The lowest BCUT2D eigenvalue weighted by Gasteiger charge is -2.30. The Labute approximate surface area is 255 Å². The Balaban J connectivity index is 1.14. The molecule has 1 aromatic carbocycles. The van der Waals surface area contributed by atoms with Crippen molar-refractivity contribution >= 4 is 22.6 Å². The fraction of sp³-hybridized carbons (Fsp3) is 0.600. The number of fused-ring (bicyclic) bond motifs is 1. The maximum absolute atomic E-state index is 13.5. The number of hydrogen-bond donors (Lipinski definition) is 1. The smallest absolute Gasteiger partial charge is 0.224 e. The van der Waals surface area contributed by atoms with Crippen molar-refractivity contribution in [1.82, 2.24) is 20.2 Å². The third-order valence-corrected chi connectivity index (χ3v) is 10.2. The molecular formula is C35H46N4O4. The Kier molecular flexibility index (Phi) is 8.85. The zero-order valence-electron chi connectivity index (χ0n) is 26.0. The van der Waals surface area contributed by atoms with Gasteiger partial charge in [0, 0.05) is 35.9 Å². The fourth-order valence-electron chi connectivity index (χ4n) is 7.02. The van der Waals surface area contributed by atoms with Crippen molar-refractivity contribution < 1.29 is 18.7 Å². The lowest BCUT2D eigenvalue weighted by Crippen LogP contribution is -2.36. The van der Waals surface area contributed by atoms with E-state index in [1.54, 1.807) is 13.3 Å². The molecule has 2 aliphatic carbocycles. The first-order valence-corrected chi connectivity index (χ1v) is 16.3. The number of carbonyl (C=O) groups is 2. The van der Waals surface area contributed by atoms with Crippen molar-refractivity contribution in [2.75, 3.05) is 27.2 Å². The number of amides is 1. The van der Waals surface area contributed by atoms with Crippen LogP contribution in [0.5, 0.6) is 5.75 Å². The number of nitrogens with one attached hydrogen (secondary N) is 1. The summed E-state index contributed by atoms with van der Waals surface area (Å²) in [7, 11) is 3.80. The van der Waals surface area contributed by atoms with Gasteiger partial charge in [0.15, 0.2) is 5.76 Å². The van der Waals surface area contributed by atoms with Gasteiger partial charge >= 0.3 is 0 Å². The van der Waals surface area contributed by atoms with E-state index >= 15 is 0 Å². The van der Waals surface area contributed by atoms with Gasteiger partial charge in [0.1, 0.15) is 17.6 Å². The maximum atomic E-state index is 13.5. The Hall–Kier alpha value is -3.26. The van der Waals surface area contributed by atoms with Gasteiger partial charge in [-0.15, -0.1) is 0 Å². The first-order valence-electron chi connectivity index (χ1n) is 16.3. The molecule has 0 radical (unpaired) electrons. The average Bonchev–Trinajstić information content (AvgIpc) is 3.46. The maximum Gasteiger partial charge on any atom is 0.224 e. The van der Waals surface area contributed by atoms with Crippen LogP contribution in [0.4, 0.5) is 0 Å². The van der Waals surface area contributed by atoms with Crippen molar-refractivity contribution in [3.05, 3.63) is 42.0 Å². The van der Waals surface area contributed by atoms with E-state index in [2.05, 4.69) is 27.2 Å². The van der Waals surface area contributed by atoms with E-state index in [4.69, 9.17) is 9.15 Å². The van der Waals surface area contributed by atoms with Gasteiger partial charge in [-0.25, -0.2) is 4.98 Å². The summed E-state index contributed by atoms with van der Waals surface area (Å²) in [6.07, 6.45) is 13.4. The van der Waals surface area contributed by atoms with Crippen molar-refractivity contribution in [1.29, 1.82) is 0 Å². The highest BCUT2D eigenvalue weighted by Crippen LogP contribution is 2.59. The predicted octanol–water partition coefficient (Wildman–Crippen LogP) is 6.81. The van der Waals surface area contributed by atoms with Crippen molar-refractivity contribution in [2.45, 2.75) is 90.0 Å². The van der Waals surface area contributed by atoms with Crippen LogP contribution in [0.1, 0.15) is 94.7 Å². The average molecular weight is 587 g/mol. The van der Waals surface area contributed by atoms with Gasteiger partial charge in [0.25, 0.3) is 0 Å². The molecule has 1 spiro atoms. The molecule has 2 saturated carbocycles. The molecule has 43 heavy (non-hydrogen) atoms. The molecular weight excluding hydrogens is 540 g/mol. The number of piperidine rings is 1. The molecule has 2 atom stereocenters. The van der Waals surface area contributed by atoms with Crippen molar-refractivity contribution in [3.63, 3.8) is 0 Å². The number of unbranched alkanes of at least 4 members (excludes halogenated alkanes) is 2. The minimum absolute atomic E-state index is 0.0683. The van der Waals surface area contributed by atoms with Gasteiger partial charge in [-0.1, -0.05) is 38.2 Å². The SMILES string of the molecule is COc1cc2nc(C)ccc2cc1-c1cnc([C@H](CCCCCC(=O)CC2CCC2)NC(=O)[C@H]2CC23CCN(C)CC3)o1. The topological polar surface area (TPSA) is 97.6 Å². The van der Waals surface area contributed by atoms with E-state index in [1.165, 1.54) is 19.3 Å². The van der Waals surface area contributed by atoms with E-state index in [0.29, 0.717) is 35.5 Å². The van der Waals surface area contributed by atoms with E-state index < -0.39 is 0 Å². The second-order valence-electron chi connectivity index (χ2n) is 13.4. The largest absolute Gasteiger partial charge is 0.496 e. The summed E-state index contributed by atoms with van der Waals surface area (Å²) in [6.45, 7) is 4.08. The third-order valence-electron chi connectivity index (χ3n) is 10.2. The number of oxazole rings is 1. The molecule has 1 saturated heterocycles. The van der Waals surface area contributed by atoms with Crippen LogP contribution in [0.2, 0.25) is 0 Å². The zero-order valence-corrected chi connectivity index (χ0v) is 26.0. The van der Waals surface area contributed by atoms with Crippen LogP contribution in [-0.4, -0.2) is 53.8 Å². The predicted molar refractivity (Wildman–Crippen MR) is 167 cm³/mol. The van der Waals surface area contributed by atoms with E-state index in [1.807, 2.05) is 31.2 Å². The molecule has 1 aliphatic heterocycles. The Bertz CT molecular complexity index is 1450. The van der Waals surface area contributed by atoms with Gasteiger partial charge in [-0.05, 0) is 82.6 Å². The number of ether oxygens (including phenoxy) is 1. The lowest BCUT2D eigenvalue weighted by molar-refractivity contribution is -0.124. The molecule has 6 rings (SSSR count). The third kappa shape index (κ3) is 6.79. The first kappa shape index (κ1) is 29.8. The standard InChI is InChI=1S/C35H46N4O4/c1-23-12-13-25-19-27(31(42-3)20-30(25)37-23)32-22-36-34(43-32)29(11-6-4-5-10-26(40)18-24-8-7-9-24)38-33(41)28-21-35(28)14-16-39(2)17-15-35/h12-13,19-20,22,24,28-29H,4-11,14-18,21H2,1-3H3,(H,38,41)/t28-,29+/m1/s1. The van der Waals surface area contributed by atoms with Crippen molar-refractivity contribution in [2.24, 2.45) is 17.3 Å². The number of nitrogens with zero attached hydrogens (tertiary/aromatic N) is 3. The molecule has 3 aromatic rings. The number of ketones is 1. The summed E-state index contributed by atoms with van der Waals surface area (Å²) in [5, 5.41) is 4.33. The lowest BCUT2D eigenvalue weighted by atomic mass is 9.81. The van der Waals surface area contributed by atoms with Crippen LogP contribution in [0, 0.1) is 24.2 Å². The number of carbonyl (C=O) groups excluding carboxylic acids is 2. The molecule has 1 amide bonds. The molecule has 8 heteroatoms. The quantitative estimate of drug-likeness (QED) is 0.220. The normalized spacial score (nSPS) is 20.6. The van der Waals surface area contributed by atoms with Crippen LogP contribution >= 0.6 is 0 Å². The highest BCUT2D eigenvalue weighted by molar-refractivity contribution is 5.87. The summed E-state index contributed by atoms with van der Waals surface area (Å²) in [5.74, 6) is 3.01. The Morgan fingerprint density at radius 1 is 1.16 bits per heavy atom. The monoisotopic (exact) mass is 586 g/mol. The molecule has 3 fully saturated rings. The van der Waals surface area contributed by atoms with E-state index in [0.717, 1.165) is 86.6 Å². The second-order valence-corrected chi connectivity index (χ2v) is 13.4. The number of aryl methyl sites for hydroxylation is 1. The zero-order chi connectivity index (χ0) is 30.0. The first-order chi connectivity index (χ1) is 20.8. The molecule has 2 aromatic heterocycles. The van der Waals surface area contributed by atoms with E-state index in [9.17, 15) is 9.59 Å². The molecule has 3 aliphatic rings. The number of hydrogen-bond acceptors (Lipinski definition) is 7. The van der Waals surface area contributed by atoms with Gasteiger partial charge in [-0.2, -0.15) is 0 Å². The van der Waals surface area contributed by atoms with Crippen molar-refractivity contribution in [3.8, 4) is 17.1 Å². The van der Waals surface area contributed by atoms with Gasteiger partial charge < -0.3 is 19.4 Å². The highest BCUT2D eigenvalue weighted by atomic mass is 16.5. The van der Waals surface area contributed by atoms with Gasteiger partial charge in [0.05, 0.1) is 24.4 Å². The van der Waals surface area contributed by atoms with Crippen LogP contribution in [0.3, 0.4) is 0 Å². The summed E-state index contributed by atoms with van der Waals surface area (Å²) in [6, 6.07) is 7.68. The number of rotatable bonds is 13. The van der Waals surface area contributed by atoms with Crippen LogP contribution < -0.4 is 10.1 Å². The molecule has 3 heterocycles. The molecule has 8 nitrogen and oxygen atoms in total. The minimum Gasteiger partial charge on any atom is -0.496 e. The Morgan fingerprint density at radius 3 is 2.72 bits per heavy atom. The van der Waals surface area contributed by atoms with Crippen LogP contribution in [-0.2, 0) is 9.59 Å². The summed E-state index contributed by atoms with van der Waals surface area (Å²) >= 11 is 0.